The van der Waals surface area contributed by atoms with Crippen LogP contribution in [0.25, 0.3) is 0 Å². The normalized spacial score (nSPS) is 17.2. The molecular weight excluding hydrogens is 220 g/mol. The van der Waals surface area contributed by atoms with Gasteiger partial charge in [0.25, 0.3) is 11.5 Å². The number of pyridine rings is 1. The fourth-order valence-corrected chi connectivity index (χ4v) is 2.00. The second kappa shape index (κ2) is 4.71. The van der Waals surface area contributed by atoms with Crippen LogP contribution >= 0.6 is 0 Å². The summed E-state index contributed by atoms with van der Waals surface area (Å²) in [4.78, 5) is 25.5. The number of carbonyl (C=O) groups is 1. The van der Waals surface area contributed by atoms with E-state index in [1.807, 2.05) is 0 Å². The van der Waals surface area contributed by atoms with Crippen LogP contribution in [0.4, 0.5) is 0 Å². The zero-order chi connectivity index (χ0) is 12.4. The van der Waals surface area contributed by atoms with Crippen molar-refractivity contribution in [1.29, 1.82) is 0 Å². The lowest BCUT2D eigenvalue weighted by atomic mass is 10.1. The Morgan fingerprint density at radius 1 is 1.41 bits per heavy atom. The van der Waals surface area contributed by atoms with E-state index in [1.165, 1.54) is 4.57 Å². The van der Waals surface area contributed by atoms with Gasteiger partial charge in [-0.05, 0) is 25.0 Å². The minimum atomic E-state index is -0.322. The number of likely N-dealkylation sites (tertiary alicyclic amines) is 1. The Balaban J connectivity index is 2.20. The zero-order valence-electron chi connectivity index (χ0n) is 9.80. The summed E-state index contributed by atoms with van der Waals surface area (Å²) < 4.78 is 1.39. The van der Waals surface area contributed by atoms with Gasteiger partial charge in [-0.3, -0.25) is 9.59 Å². The first-order valence-corrected chi connectivity index (χ1v) is 5.72. The molecule has 1 aromatic rings. The van der Waals surface area contributed by atoms with Gasteiger partial charge in [-0.15, -0.1) is 0 Å². The third-order valence-electron chi connectivity index (χ3n) is 3.11. The van der Waals surface area contributed by atoms with Crippen LogP contribution in [0.3, 0.4) is 0 Å². The molecule has 1 amide bonds. The number of aryl methyl sites for hydroxylation is 1. The number of hydrogen-bond acceptors (Lipinski definition) is 3. The van der Waals surface area contributed by atoms with E-state index in [1.54, 1.807) is 30.3 Å². The van der Waals surface area contributed by atoms with Gasteiger partial charge in [0.05, 0.1) is 6.10 Å². The number of piperidine rings is 1. The molecule has 0 atom stereocenters. The molecule has 2 rings (SSSR count). The predicted molar refractivity (Wildman–Crippen MR) is 62.8 cm³/mol. The summed E-state index contributed by atoms with van der Waals surface area (Å²) in [5.41, 5.74) is -0.0741. The average molecular weight is 236 g/mol. The molecule has 0 radical (unpaired) electrons. The molecule has 1 fully saturated rings. The third-order valence-corrected chi connectivity index (χ3v) is 3.11. The Morgan fingerprint density at radius 2 is 2.06 bits per heavy atom. The molecule has 1 aromatic heterocycles. The van der Waals surface area contributed by atoms with E-state index in [4.69, 9.17) is 0 Å². The largest absolute Gasteiger partial charge is 0.393 e. The maximum absolute atomic E-state index is 12.1. The maximum atomic E-state index is 12.1. The molecule has 0 aromatic carbocycles. The van der Waals surface area contributed by atoms with E-state index in [0.717, 1.165) is 0 Å². The lowest BCUT2D eigenvalue weighted by Crippen LogP contribution is -2.42. The van der Waals surface area contributed by atoms with Crippen molar-refractivity contribution in [3.8, 4) is 0 Å². The van der Waals surface area contributed by atoms with E-state index in [2.05, 4.69) is 0 Å². The summed E-state index contributed by atoms with van der Waals surface area (Å²) in [5, 5.41) is 9.37. The van der Waals surface area contributed by atoms with Crippen LogP contribution in [0.15, 0.2) is 23.1 Å². The summed E-state index contributed by atoms with van der Waals surface area (Å²) in [6, 6.07) is 3.24. The molecule has 5 heteroatoms. The van der Waals surface area contributed by atoms with Gasteiger partial charge in [-0.25, -0.2) is 0 Å². The molecule has 5 nitrogen and oxygen atoms in total. The Kier molecular flexibility index (Phi) is 3.28. The molecule has 17 heavy (non-hydrogen) atoms. The average Bonchev–Trinajstić information content (AvgIpc) is 2.33. The highest BCUT2D eigenvalue weighted by atomic mass is 16.3. The number of aliphatic hydroxyl groups excluding tert-OH is 1. The van der Waals surface area contributed by atoms with Gasteiger partial charge >= 0.3 is 0 Å². The van der Waals surface area contributed by atoms with Gasteiger partial charge in [-0.2, -0.15) is 0 Å². The number of nitrogens with zero attached hydrogens (tertiary/aromatic N) is 2. The smallest absolute Gasteiger partial charge is 0.263 e. The van der Waals surface area contributed by atoms with Crippen LogP contribution in [0.2, 0.25) is 0 Å². The van der Waals surface area contributed by atoms with Crippen molar-refractivity contribution in [2.24, 2.45) is 7.05 Å². The number of hydrogen-bond donors (Lipinski definition) is 1. The minimum absolute atomic E-state index is 0.200. The first-order chi connectivity index (χ1) is 8.09. The zero-order valence-corrected chi connectivity index (χ0v) is 9.80. The lowest BCUT2D eigenvalue weighted by molar-refractivity contribution is 0.0544. The molecule has 1 aliphatic rings. The van der Waals surface area contributed by atoms with Crippen molar-refractivity contribution in [2.75, 3.05) is 13.1 Å². The molecule has 0 aliphatic carbocycles. The van der Waals surface area contributed by atoms with Gasteiger partial charge in [0.2, 0.25) is 0 Å². The van der Waals surface area contributed by atoms with Crippen molar-refractivity contribution >= 4 is 5.91 Å². The van der Waals surface area contributed by atoms with E-state index >= 15 is 0 Å². The first kappa shape index (κ1) is 11.9. The van der Waals surface area contributed by atoms with Crippen LogP contribution in [-0.4, -0.2) is 39.7 Å². The fraction of sp³-hybridized carbons (Fsp3) is 0.500. The molecule has 92 valence electrons. The highest BCUT2D eigenvalue weighted by Crippen LogP contribution is 2.12. The van der Waals surface area contributed by atoms with E-state index in [-0.39, 0.29) is 23.1 Å². The fourth-order valence-electron chi connectivity index (χ4n) is 2.00. The molecule has 0 spiro atoms. The molecule has 1 saturated heterocycles. The lowest BCUT2D eigenvalue weighted by Gasteiger charge is -2.29. The van der Waals surface area contributed by atoms with E-state index in [0.29, 0.717) is 25.9 Å². The number of aliphatic hydroxyl groups is 1. The van der Waals surface area contributed by atoms with Gasteiger partial charge in [-0.1, -0.05) is 0 Å². The monoisotopic (exact) mass is 236 g/mol. The quantitative estimate of drug-likeness (QED) is 0.745. The van der Waals surface area contributed by atoms with Crippen LogP contribution < -0.4 is 5.56 Å². The van der Waals surface area contributed by atoms with Crippen molar-refractivity contribution in [2.45, 2.75) is 18.9 Å². The number of carbonyl (C=O) groups excluding carboxylic acids is 1. The van der Waals surface area contributed by atoms with Crippen molar-refractivity contribution in [1.82, 2.24) is 9.47 Å². The predicted octanol–water partition coefficient (Wildman–Crippen LogP) is -0.0178. The summed E-state index contributed by atoms with van der Waals surface area (Å²) >= 11 is 0. The molecule has 0 saturated carbocycles. The summed E-state index contributed by atoms with van der Waals surface area (Å²) in [5.74, 6) is -0.238. The van der Waals surface area contributed by atoms with Crippen LogP contribution in [-0.2, 0) is 7.05 Å². The number of amides is 1. The van der Waals surface area contributed by atoms with Crippen LogP contribution in [0.1, 0.15) is 23.2 Å². The first-order valence-electron chi connectivity index (χ1n) is 5.72. The van der Waals surface area contributed by atoms with Crippen molar-refractivity contribution in [3.63, 3.8) is 0 Å². The maximum Gasteiger partial charge on any atom is 0.263 e. The summed E-state index contributed by atoms with van der Waals surface area (Å²) in [7, 11) is 1.62. The topological polar surface area (TPSA) is 62.5 Å². The molecule has 2 heterocycles. The van der Waals surface area contributed by atoms with Crippen LogP contribution in [0.5, 0.6) is 0 Å². The SMILES string of the molecule is Cn1cccc(C(=O)N2CCC(O)CC2)c1=O. The second-order valence-corrected chi connectivity index (χ2v) is 4.36. The molecule has 1 aliphatic heterocycles. The molecule has 0 bridgehead atoms. The molecule has 0 unspecified atom stereocenters. The van der Waals surface area contributed by atoms with Crippen molar-refractivity contribution in [3.05, 3.63) is 34.2 Å². The Labute approximate surface area is 99.3 Å². The summed E-state index contributed by atoms with van der Waals surface area (Å²) in [6.07, 6.45) is 2.47. The Morgan fingerprint density at radius 3 is 2.71 bits per heavy atom. The highest BCUT2D eigenvalue weighted by Gasteiger charge is 2.23. The summed E-state index contributed by atoms with van der Waals surface area (Å²) in [6.45, 7) is 1.02. The number of aromatic nitrogens is 1. The van der Waals surface area contributed by atoms with Crippen molar-refractivity contribution < 1.29 is 9.90 Å². The second-order valence-electron chi connectivity index (χ2n) is 4.36. The van der Waals surface area contributed by atoms with Gasteiger partial charge < -0.3 is 14.6 Å². The van der Waals surface area contributed by atoms with Crippen LogP contribution in [0, 0.1) is 0 Å². The Hall–Kier alpha value is -1.62. The van der Waals surface area contributed by atoms with Gasteiger partial charge in [0, 0.05) is 26.3 Å². The third kappa shape index (κ3) is 2.39. The highest BCUT2D eigenvalue weighted by molar-refractivity contribution is 5.93. The Bertz CT molecular complexity index is 473. The van der Waals surface area contributed by atoms with E-state index < -0.39 is 0 Å². The van der Waals surface area contributed by atoms with E-state index in [9.17, 15) is 14.7 Å². The molecular formula is C12H16N2O3. The van der Waals surface area contributed by atoms with Gasteiger partial charge in [0.15, 0.2) is 0 Å². The number of rotatable bonds is 1. The molecule has 1 N–H and O–H groups in total. The minimum Gasteiger partial charge on any atom is -0.393 e. The van der Waals surface area contributed by atoms with Gasteiger partial charge in [0.1, 0.15) is 5.56 Å². The standard InChI is InChI=1S/C12H16N2O3/c1-13-6-2-3-10(11(13)16)12(17)14-7-4-9(15)5-8-14/h2-3,6,9,15H,4-5,7-8H2,1H3.